The van der Waals surface area contributed by atoms with Crippen LogP contribution >= 0.6 is 11.8 Å². The Labute approximate surface area is 124 Å². The van der Waals surface area contributed by atoms with Crippen LogP contribution in [0.25, 0.3) is 0 Å². The molecule has 2 rings (SSSR count). The summed E-state index contributed by atoms with van der Waals surface area (Å²) in [5.74, 6) is 0.912. The van der Waals surface area contributed by atoms with Crippen LogP contribution < -0.4 is 5.73 Å². The molecule has 1 atom stereocenters. The third-order valence-electron chi connectivity index (χ3n) is 3.27. The van der Waals surface area contributed by atoms with E-state index in [0.717, 1.165) is 16.9 Å². The summed E-state index contributed by atoms with van der Waals surface area (Å²) >= 11 is 1.80. The normalized spacial score (nSPS) is 11.9. The molecule has 0 spiro atoms. The first kappa shape index (κ1) is 14.6. The van der Waals surface area contributed by atoms with Crippen LogP contribution in [-0.4, -0.2) is 0 Å². The van der Waals surface area contributed by atoms with E-state index in [0.29, 0.717) is 0 Å². The standard InChI is InChI=1S/C17H18N2S/c1-12-9-14(10-18)3-4-16(12)11-20-17-7-5-15(6-8-17)13(2)19/h3-9,13H,11,19H2,1-2H3. The van der Waals surface area contributed by atoms with Crippen LogP contribution in [0.15, 0.2) is 47.4 Å². The first-order valence-electron chi connectivity index (χ1n) is 6.58. The maximum Gasteiger partial charge on any atom is 0.0991 e. The van der Waals surface area contributed by atoms with Gasteiger partial charge in [0.2, 0.25) is 0 Å². The number of aryl methyl sites for hydroxylation is 1. The molecule has 102 valence electrons. The maximum absolute atomic E-state index is 8.87. The monoisotopic (exact) mass is 282 g/mol. The first-order chi connectivity index (χ1) is 9.60. The topological polar surface area (TPSA) is 49.8 Å². The molecule has 20 heavy (non-hydrogen) atoms. The molecule has 0 radical (unpaired) electrons. The van der Waals surface area contributed by atoms with Gasteiger partial charge in [-0.25, -0.2) is 0 Å². The molecule has 2 aromatic carbocycles. The van der Waals surface area contributed by atoms with Crippen molar-refractivity contribution in [2.75, 3.05) is 0 Å². The fourth-order valence-electron chi connectivity index (χ4n) is 1.96. The molecular formula is C17H18N2S. The third-order valence-corrected chi connectivity index (χ3v) is 4.33. The summed E-state index contributed by atoms with van der Waals surface area (Å²) in [6.07, 6.45) is 0. The van der Waals surface area contributed by atoms with E-state index >= 15 is 0 Å². The van der Waals surface area contributed by atoms with Gasteiger partial charge >= 0.3 is 0 Å². The van der Waals surface area contributed by atoms with Crippen molar-refractivity contribution in [2.24, 2.45) is 5.73 Å². The van der Waals surface area contributed by atoms with Gasteiger partial charge in [-0.3, -0.25) is 0 Å². The SMILES string of the molecule is Cc1cc(C#N)ccc1CSc1ccc(C(C)N)cc1. The Kier molecular flexibility index (Phi) is 4.84. The number of hydrogen-bond donors (Lipinski definition) is 1. The molecular weight excluding hydrogens is 264 g/mol. The van der Waals surface area contributed by atoms with Crippen LogP contribution in [0.4, 0.5) is 0 Å². The van der Waals surface area contributed by atoms with Gasteiger partial charge in [-0.15, -0.1) is 11.8 Å². The van der Waals surface area contributed by atoms with Crippen molar-refractivity contribution >= 4 is 11.8 Å². The van der Waals surface area contributed by atoms with Crippen LogP contribution in [0, 0.1) is 18.3 Å². The molecule has 0 saturated heterocycles. The van der Waals surface area contributed by atoms with Crippen molar-refractivity contribution in [1.29, 1.82) is 5.26 Å². The zero-order chi connectivity index (χ0) is 14.5. The number of rotatable bonds is 4. The lowest BCUT2D eigenvalue weighted by Crippen LogP contribution is -2.04. The van der Waals surface area contributed by atoms with Crippen LogP contribution in [0.5, 0.6) is 0 Å². The smallest absolute Gasteiger partial charge is 0.0991 e. The fourth-order valence-corrected chi connectivity index (χ4v) is 2.93. The predicted octanol–water partition coefficient (Wildman–Crippen LogP) is 4.18. The van der Waals surface area contributed by atoms with Crippen molar-refractivity contribution in [1.82, 2.24) is 0 Å². The van der Waals surface area contributed by atoms with Crippen LogP contribution in [0.3, 0.4) is 0 Å². The van der Waals surface area contributed by atoms with Gasteiger partial charge in [0, 0.05) is 16.7 Å². The highest BCUT2D eigenvalue weighted by Gasteiger charge is 2.03. The summed E-state index contributed by atoms with van der Waals surface area (Å²) in [7, 11) is 0. The second-order valence-corrected chi connectivity index (χ2v) is 5.95. The molecule has 2 N–H and O–H groups in total. The third kappa shape index (κ3) is 3.63. The number of nitriles is 1. The second-order valence-electron chi connectivity index (χ2n) is 4.90. The van der Waals surface area contributed by atoms with Crippen molar-refractivity contribution in [3.8, 4) is 6.07 Å². The first-order valence-corrected chi connectivity index (χ1v) is 7.56. The van der Waals surface area contributed by atoms with E-state index < -0.39 is 0 Å². The molecule has 0 aromatic heterocycles. The minimum atomic E-state index is 0.0785. The van der Waals surface area contributed by atoms with Crippen molar-refractivity contribution in [3.05, 3.63) is 64.7 Å². The van der Waals surface area contributed by atoms with Gasteiger partial charge in [0.15, 0.2) is 0 Å². The van der Waals surface area contributed by atoms with E-state index in [1.54, 1.807) is 11.8 Å². The van der Waals surface area contributed by atoms with Crippen molar-refractivity contribution in [2.45, 2.75) is 30.5 Å². The lowest BCUT2D eigenvalue weighted by molar-refractivity contribution is 0.817. The van der Waals surface area contributed by atoms with Crippen molar-refractivity contribution < 1.29 is 0 Å². The summed E-state index contributed by atoms with van der Waals surface area (Å²) in [5, 5.41) is 8.87. The number of nitrogens with two attached hydrogens (primary N) is 1. The predicted molar refractivity (Wildman–Crippen MR) is 84.5 cm³/mol. The van der Waals surface area contributed by atoms with E-state index in [9.17, 15) is 0 Å². The van der Waals surface area contributed by atoms with Crippen LogP contribution in [0.2, 0.25) is 0 Å². The molecule has 0 bridgehead atoms. The highest BCUT2D eigenvalue weighted by atomic mass is 32.2. The number of nitrogens with zero attached hydrogens (tertiary/aromatic N) is 1. The Morgan fingerprint density at radius 3 is 2.45 bits per heavy atom. The molecule has 0 amide bonds. The largest absolute Gasteiger partial charge is 0.324 e. The molecule has 0 aliphatic heterocycles. The van der Waals surface area contributed by atoms with Gasteiger partial charge in [0.1, 0.15) is 0 Å². The van der Waals surface area contributed by atoms with Gasteiger partial charge in [0.05, 0.1) is 11.6 Å². The molecule has 2 aromatic rings. The number of hydrogen-bond acceptors (Lipinski definition) is 3. The van der Waals surface area contributed by atoms with Gasteiger partial charge in [-0.1, -0.05) is 18.2 Å². The van der Waals surface area contributed by atoms with E-state index in [1.165, 1.54) is 16.0 Å². The lowest BCUT2D eigenvalue weighted by atomic mass is 10.1. The Hall–Kier alpha value is -1.76. The Morgan fingerprint density at radius 2 is 1.90 bits per heavy atom. The lowest BCUT2D eigenvalue weighted by Gasteiger charge is -2.08. The average Bonchev–Trinajstić information content (AvgIpc) is 2.46. The molecule has 0 aliphatic carbocycles. The Bertz CT molecular complexity index is 624. The molecule has 3 heteroatoms. The van der Waals surface area contributed by atoms with Gasteiger partial charge in [0.25, 0.3) is 0 Å². The number of benzene rings is 2. The molecule has 0 heterocycles. The summed E-state index contributed by atoms with van der Waals surface area (Å²) in [6.45, 7) is 4.04. The molecule has 0 fully saturated rings. The fraction of sp³-hybridized carbons (Fsp3) is 0.235. The summed E-state index contributed by atoms with van der Waals surface area (Å²) < 4.78 is 0. The summed E-state index contributed by atoms with van der Waals surface area (Å²) in [6, 6.07) is 16.5. The molecule has 0 aliphatic rings. The highest BCUT2D eigenvalue weighted by molar-refractivity contribution is 7.98. The van der Waals surface area contributed by atoms with Gasteiger partial charge < -0.3 is 5.73 Å². The maximum atomic E-state index is 8.87. The van der Waals surface area contributed by atoms with Crippen molar-refractivity contribution in [3.63, 3.8) is 0 Å². The zero-order valence-corrected chi connectivity index (χ0v) is 12.6. The quantitative estimate of drug-likeness (QED) is 0.856. The minimum Gasteiger partial charge on any atom is -0.324 e. The molecule has 0 saturated carbocycles. The van der Waals surface area contributed by atoms with E-state index in [4.69, 9.17) is 11.0 Å². The van der Waals surface area contributed by atoms with E-state index in [1.807, 2.05) is 25.1 Å². The highest BCUT2D eigenvalue weighted by Crippen LogP contribution is 2.25. The van der Waals surface area contributed by atoms with E-state index in [-0.39, 0.29) is 6.04 Å². The summed E-state index contributed by atoms with van der Waals surface area (Å²) in [4.78, 5) is 1.23. The number of thioether (sulfide) groups is 1. The Balaban J connectivity index is 2.03. The van der Waals surface area contributed by atoms with Crippen LogP contribution in [0.1, 0.15) is 35.2 Å². The van der Waals surface area contributed by atoms with Gasteiger partial charge in [-0.05, 0) is 54.8 Å². The molecule has 1 unspecified atom stereocenters. The summed E-state index contributed by atoms with van der Waals surface area (Å²) in [5.41, 5.74) is 10.2. The average molecular weight is 282 g/mol. The molecule has 2 nitrogen and oxygen atoms in total. The Morgan fingerprint density at radius 1 is 1.20 bits per heavy atom. The zero-order valence-electron chi connectivity index (χ0n) is 11.8. The minimum absolute atomic E-state index is 0.0785. The van der Waals surface area contributed by atoms with Crippen LogP contribution in [-0.2, 0) is 5.75 Å². The van der Waals surface area contributed by atoms with Gasteiger partial charge in [-0.2, -0.15) is 5.26 Å². The van der Waals surface area contributed by atoms with E-state index in [2.05, 4.69) is 37.3 Å². The second kappa shape index (κ2) is 6.60.